The highest BCUT2D eigenvalue weighted by atomic mass is 16.6. The summed E-state index contributed by atoms with van der Waals surface area (Å²) in [6, 6.07) is 3.82. The molecule has 20 heavy (non-hydrogen) atoms. The number of ether oxygens (including phenoxy) is 2. The van der Waals surface area contributed by atoms with Gasteiger partial charge in [-0.25, -0.2) is 4.98 Å². The highest BCUT2D eigenvalue weighted by Gasteiger charge is 2.23. The summed E-state index contributed by atoms with van der Waals surface area (Å²) >= 11 is 0. The molecule has 1 atom stereocenters. The van der Waals surface area contributed by atoms with Gasteiger partial charge in [0, 0.05) is 13.1 Å². The van der Waals surface area contributed by atoms with Crippen LogP contribution in [-0.2, 0) is 14.3 Å². The van der Waals surface area contributed by atoms with E-state index in [9.17, 15) is 4.79 Å². The molecule has 0 saturated carbocycles. The number of nitrogens with one attached hydrogen (secondary N) is 1. The van der Waals surface area contributed by atoms with Gasteiger partial charge in [0.15, 0.2) is 6.10 Å². The second-order valence-electron chi connectivity index (χ2n) is 5.02. The molecular weight excluding hydrogens is 258 g/mol. The molecule has 2 saturated heterocycles. The average Bonchev–Trinajstić information content (AvgIpc) is 3.03. The maximum Gasteiger partial charge on any atom is 0.257 e. The largest absolute Gasteiger partial charge is 0.376 e. The topological polar surface area (TPSA) is 63.7 Å². The van der Waals surface area contributed by atoms with E-state index in [1.807, 2.05) is 12.1 Å². The minimum atomic E-state index is -0.538. The summed E-state index contributed by atoms with van der Waals surface area (Å²) in [5.41, 5.74) is 1.11. The number of rotatable bonds is 3. The van der Waals surface area contributed by atoms with Gasteiger partial charge in [0.25, 0.3) is 5.91 Å². The number of hydrogen-bond donors (Lipinski definition) is 1. The Hall–Kier alpha value is -1.66. The van der Waals surface area contributed by atoms with E-state index in [1.165, 1.54) is 12.8 Å². The second kappa shape index (κ2) is 6.19. The Bertz CT molecular complexity index is 451. The smallest absolute Gasteiger partial charge is 0.257 e. The van der Waals surface area contributed by atoms with E-state index in [1.54, 1.807) is 6.20 Å². The van der Waals surface area contributed by atoms with E-state index >= 15 is 0 Å². The number of hydrogen-bond acceptors (Lipinski definition) is 5. The van der Waals surface area contributed by atoms with E-state index in [0.29, 0.717) is 25.6 Å². The summed E-state index contributed by atoms with van der Waals surface area (Å²) in [6.07, 6.45) is 3.73. The van der Waals surface area contributed by atoms with E-state index < -0.39 is 6.10 Å². The van der Waals surface area contributed by atoms with Crippen LogP contribution in [-0.4, -0.2) is 49.9 Å². The summed E-state index contributed by atoms with van der Waals surface area (Å²) in [5.74, 6) is 0.346. The molecule has 6 heteroatoms. The summed E-state index contributed by atoms with van der Waals surface area (Å²) in [7, 11) is 0. The van der Waals surface area contributed by atoms with Gasteiger partial charge in [-0.1, -0.05) is 0 Å². The molecule has 3 heterocycles. The van der Waals surface area contributed by atoms with Crippen LogP contribution < -0.4 is 10.2 Å². The molecule has 1 unspecified atom stereocenters. The molecule has 1 amide bonds. The molecule has 6 nitrogen and oxygen atoms in total. The van der Waals surface area contributed by atoms with Crippen molar-refractivity contribution in [2.24, 2.45) is 0 Å². The highest BCUT2D eigenvalue weighted by Crippen LogP contribution is 2.20. The minimum Gasteiger partial charge on any atom is -0.376 e. The van der Waals surface area contributed by atoms with Crippen molar-refractivity contribution in [2.75, 3.05) is 43.1 Å². The summed E-state index contributed by atoms with van der Waals surface area (Å²) in [6.45, 7) is 3.48. The third-order valence-corrected chi connectivity index (χ3v) is 3.58. The van der Waals surface area contributed by atoms with Crippen molar-refractivity contribution in [3.8, 4) is 0 Å². The molecule has 0 spiro atoms. The molecular formula is C14H19N3O3. The number of anilines is 2. The number of nitrogens with zero attached hydrogens (tertiary/aromatic N) is 2. The molecule has 2 aliphatic rings. The molecule has 1 N–H and O–H groups in total. The van der Waals surface area contributed by atoms with Gasteiger partial charge in [-0.3, -0.25) is 4.79 Å². The Morgan fingerprint density at radius 1 is 1.30 bits per heavy atom. The zero-order chi connectivity index (χ0) is 13.8. The van der Waals surface area contributed by atoms with Gasteiger partial charge in [0.2, 0.25) is 0 Å². The average molecular weight is 277 g/mol. The molecule has 2 fully saturated rings. The third kappa shape index (κ3) is 3.08. The molecule has 108 valence electrons. The van der Waals surface area contributed by atoms with Crippen LogP contribution in [0.2, 0.25) is 0 Å². The molecule has 0 aromatic carbocycles. The van der Waals surface area contributed by atoms with Crippen molar-refractivity contribution in [2.45, 2.75) is 18.9 Å². The van der Waals surface area contributed by atoms with E-state index in [2.05, 4.69) is 15.2 Å². The van der Waals surface area contributed by atoms with Crippen LogP contribution in [0.25, 0.3) is 0 Å². The first kappa shape index (κ1) is 13.3. The molecule has 0 bridgehead atoms. The first-order valence-corrected chi connectivity index (χ1v) is 7.04. The van der Waals surface area contributed by atoms with Crippen LogP contribution in [0.1, 0.15) is 12.8 Å². The molecule has 2 aliphatic heterocycles. The van der Waals surface area contributed by atoms with Crippen molar-refractivity contribution < 1.29 is 14.3 Å². The zero-order valence-corrected chi connectivity index (χ0v) is 11.4. The predicted octanol–water partition coefficient (Wildman–Crippen LogP) is 1.04. The van der Waals surface area contributed by atoms with Crippen LogP contribution in [0.4, 0.5) is 11.5 Å². The molecule has 0 radical (unpaired) electrons. The van der Waals surface area contributed by atoms with E-state index in [-0.39, 0.29) is 5.91 Å². The Labute approximate surface area is 118 Å². The van der Waals surface area contributed by atoms with Gasteiger partial charge in [0.05, 0.1) is 31.7 Å². The fourth-order valence-electron chi connectivity index (χ4n) is 2.47. The molecule has 3 rings (SSSR count). The van der Waals surface area contributed by atoms with Crippen LogP contribution in [0, 0.1) is 0 Å². The lowest BCUT2D eigenvalue weighted by molar-refractivity contribution is -0.142. The van der Waals surface area contributed by atoms with Crippen molar-refractivity contribution in [1.82, 2.24) is 4.98 Å². The van der Waals surface area contributed by atoms with Gasteiger partial charge in [0.1, 0.15) is 5.82 Å². The predicted molar refractivity (Wildman–Crippen MR) is 74.9 cm³/mol. The summed E-state index contributed by atoms with van der Waals surface area (Å²) in [5, 5.41) is 2.76. The quantitative estimate of drug-likeness (QED) is 0.894. The summed E-state index contributed by atoms with van der Waals surface area (Å²) < 4.78 is 10.6. The Balaban J connectivity index is 1.58. The fraction of sp³-hybridized carbons (Fsp3) is 0.571. The van der Waals surface area contributed by atoms with E-state index in [0.717, 1.165) is 18.8 Å². The monoisotopic (exact) mass is 277 g/mol. The normalized spacial score (nSPS) is 22.8. The zero-order valence-electron chi connectivity index (χ0n) is 11.4. The van der Waals surface area contributed by atoms with Crippen LogP contribution in [0.5, 0.6) is 0 Å². The Morgan fingerprint density at radius 3 is 2.80 bits per heavy atom. The first-order valence-electron chi connectivity index (χ1n) is 7.04. The van der Waals surface area contributed by atoms with Gasteiger partial charge in [-0.15, -0.1) is 0 Å². The number of carbonyl (C=O) groups excluding carboxylic acids is 1. The van der Waals surface area contributed by atoms with E-state index in [4.69, 9.17) is 9.47 Å². The summed E-state index contributed by atoms with van der Waals surface area (Å²) in [4.78, 5) is 18.5. The molecule has 1 aromatic rings. The van der Waals surface area contributed by atoms with Crippen LogP contribution in [0.3, 0.4) is 0 Å². The maximum atomic E-state index is 11.9. The Kier molecular flexibility index (Phi) is 4.13. The van der Waals surface area contributed by atoms with Crippen molar-refractivity contribution in [3.63, 3.8) is 0 Å². The van der Waals surface area contributed by atoms with Crippen molar-refractivity contribution >= 4 is 17.4 Å². The van der Waals surface area contributed by atoms with Crippen molar-refractivity contribution in [3.05, 3.63) is 18.3 Å². The highest BCUT2D eigenvalue weighted by molar-refractivity contribution is 5.93. The minimum absolute atomic E-state index is 0.203. The van der Waals surface area contributed by atoms with Crippen LogP contribution >= 0.6 is 0 Å². The number of pyridine rings is 1. The Morgan fingerprint density at radius 2 is 2.15 bits per heavy atom. The SMILES string of the molecule is O=C(Nc1ccc(N2CCCC2)cn1)C1COCCO1. The first-order chi connectivity index (χ1) is 9.83. The van der Waals surface area contributed by atoms with Gasteiger partial charge in [-0.2, -0.15) is 0 Å². The standard InChI is InChI=1S/C14H19N3O3/c18-14(12-10-19-7-8-20-12)16-13-4-3-11(9-15-13)17-5-1-2-6-17/h3-4,9,12H,1-2,5-8,10H2,(H,15,16,18). The van der Waals surface area contributed by atoms with Gasteiger partial charge in [-0.05, 0) is 25.0 Å². The lowest BCUT2D eigenvalue weighted by Gasteiger charge is -2.22. The molecule has 1 aromatic heterocycles. The number of aromatic nitrogens is 1. The maximum absolute atomic E-state index is 11.9. The second-order valence-corrected chi connectivity index (χ2v) is 5.02. The third-order valence-electron chi connectivity index (χ3n) is 3.58. The molecule has 0 aliphatic carbocycles. The lowest BCUT2D eigenvalue weighted by Crippen LogP contribution is -2.39. The van der Waals surface area contributed by atoms with Crippen molar-refractivity contribution in [1.29, 1.82) is 0 Å². The lowest BCUT2D eigenvalue weighted by atomic mass is 10.3. The fourth-order valence-corrected chi connectivity index (χ4v) is 2.47. The van der Waals surface area contributed by atoms with Crippen LogP contribution in [0.15, 0.2) is 18.3 Å². The van der Waals surface area contributed by atoms with Gasteiger partial charge < -0.3 is 19.7 Å². The van der Waals surface area contributed by atoms with Gasteiger partial charge >= 0.3 is 0 Å². The number of amides is 1. The number of carbonyl (C=O) groups is 1.